The maximum Gasteiger partial charge on any atom is 0 e. The van der Waals surface area contributed by atoms with Crippen LogP contribution in [0.1, 0.15) is 0 Å². The Bertz CT molecular complexity index is 0. The first kappa shape index (κ1) is 72.7. The van der Waals surface area contributed by atoms with Gasteiger partial charge in [-0.15, -0.1) is 0 Å². The summed E-state index contributed by atoms with van der Waals surface area (Å²) in [6, 6.07) is 0. The van der Waals surface area contributed by atoms with E-state index < -0.39 is 0 Å². The Morgan fingerprint density at radius 1 is 0.125 bits per heavy atom. The predicted molar refractivity (Wildman–Crippen MR) is 0 cm³/mol. The summed E-state index contributed by atoms with van der Waals surface area (Å²) in [4.78, 5) is 0. The van der Waals surface area contributed by atoms with Crippen LogP contribution >= 0.6 is 0 Å². The molecule has 0 unspecified atom stereocenters. The van der Waals surface area contributed by atoms with Gasteiger partial charge < -0.3 is 0 Å². The van der Waals surface area contributed by atoms with Gasteiger partial charge in [-0.1, -0.05) is 0 Å². The van der Waals surface area contributed by atoms with Gasteiger partial charge in [0, 0.05) is 161 Å². The first-order valence-electron chi connectivity index (χ1n) is 0. The Kier molecular flexibility index (Phi) is 515. The monoisotopic (exact) mass is 1540 g/mol. The second-order valence-corrected chi connectivity index (χ2v) is 0. The van der Waals surface area contributed by atoms with E-state index in [9.17, 15) is 0 Å². The van der Waals surface area contributed by atoms with Crippen LogP contribution in [0.2, 0.25) is 0 Å². The molecule has 8 heteroatoms. The van der Waals surface area contributed by atoms with E-state index in [1.54, 1.807) is 0 Å². The van der Waals surface area contributed by atoms with Gasteiger partial charge in [0.05, 0.1) is 0 Å². The molecule has 0 nitrogen and oxygen atoms in total. The van der Waals surface area contributed by atoms with Gasteiger partial charge in [-0.25, -0.2) is 0 Å². The average molecular weight is 1540 g/mol. The Balaban J connectivity index is 0. The first-order chi connectivity index (χ1) is 0. The second-order valence-electron chi connectivity index (χ2n) is 0. The summed E-state index contributed by atoms with van der Waals surface area (Å²) in [7, 11) is 0. The summed E-state index contributed by atoms with van der Waals surface area (Å²) >= 11 is 0. The standard InChI is InChI=1S/8Ir. The Hall–Kier alpha value is 5.19. The largest absolute Gasteiger partial charge is 0 e. The molecule has 0 saturated heterocycles. The molecule has 72 valence electrons. The zero-order valence-corrected chi connectivity index (χ0v) is 21.8. The van der Waals surface area contributed by atoms with Gasteiger partial charge >= 0.3 is 0 Å². The van der Waals surface area contributed by atoms with Crippen molar-refractivity contribution in [1.82, 2.24) is 0 Å². The summed E-state index contributed by atoms with van der Waals surface area (Å²) in [6.07, 6.45) is 0. The van der Waals surface area contributed by atoms with Crippen LogP contribution in [-0.2, 0) is 161 Å². The minimum Gasteiger partial charge on any atom is 0 e. The number of hydrogen-bond acceptors (Lipinski definition) is 0. The molecule has 8 heavy (non-hydrogen) atoms. The van der Waals surface area contributed by atoms with Gasteiger partial charge in [0.2, 0.25) is 0 Å². The molecular weight excluding hydrogens is 1540 g/mol. The minimum absolute atomic E-state index is 0. The van der Waals surface area contributed by atoms with Crippen LogP contribution in [0.25, 0.3) is 0 Å². The summed E-state index contributed by atoms with van der Waals surface area (Å²) in [5.74, 6) is 0. The van der Waals surface area contributed by atoms with Gasteiger partial charge in [-0.2, -0.15) is 0 Å². The molecule has 0 aromatic rings. The fourth-order valence-corrected chi connectivity index (χ4v) is 0. The molecule has 0 heterocycles. The van der Waals surface area contributed by atoms with Crippen LogP contribution in [-0.4, -0.2) is 0 Å². The van der Waals surface area contributed by atoms with E-state index in [4.69, 9.17) is 0 Å². The second kappa shape index (κ2) is 56.6. The van der Waals surface area contributed by atoms with Crippen LogP contribution in [0.5, 0.6) is 0 Å². The molecule has 0 aliphatic heterocycles. The minimum atomic E-state index is 0. The maximum absolute atomic E-state index is 0. The Morgan fingerprint density at radius 2 is 0.125 bits per heavy atom. The fourth-order valence-electron chi connectivity index (χ4n) is 0. The van der Waals surface area contributed by atoms with Crippen molar-refractivity contribution in [3.05, 3.63) is 0 Å². The molecule has 0 fully saturated rings. The van der Waals surface area contributed by atoms with Gasteiger partial charge in [0.1, 0.15) is 0 Å². The maximum atomic E-state index is 0. The molecule has 0 rings (SSSR count). The molecule has 0 aromatic carbocycles. The molecular formula is Ir8. The molecule has 0 bridgehead atoms. The SMILES string of the molecule is [Ir].[Ir].[Ir].[Ir].[Ir].[Ir].[Ir].[Ir]. The molecule has 0 aliphatic carbocycles. The van der Waals surface area contributed by atoms with Crippen molar-refractivity contribution in [3.8, 4) is 0 Å². The zero-order chi connectivity index (χ0) is 0. The fraction of sp³-hybridized carbons (Fsp3) is 0. The van der Waals surface area contributed by atoms with E-state index in [-0.39, 0.29) is 161 Å². The van der Waals surface area contributed by atoms with Crippen LogP contribution < -0.4 is 0 Å². The summed E-state index contributed by atoms with van der Waals surface area (Å²) < 4.78 is 0. The van der Waals surface area contributed by atoms with Crippen LogP contribution in [0.4, 0.5) is 0 Å². The van der Waals surface area contributed by atoms with E-state index in [0.29, 0.717) is 0 Å². The van der Waals surface area contributed by atoms with Gasteiger partial charge in [-0.05, 0) is 0 Å². The van der Waals surface area contributed by atoms with Crippen molar-refractivity contribution >= 4 is 0 Å². The summed E-state index contributed by atoms with van der Waals surface area (Å²) in [5, 5.41) is 0. The molecule has 0 aromatic heterocycles. The third-order valence-corrected chi connectivity index (χ3v) is 0. The average Bonchev–Trinajstić information content (AvgIpc) is 0. The molecule has 8 radical (unpaired) electrons. The van der Waals surface area contributed by atoms with E-state index in [0.717, 1.165) is 0 Å². The number of hydrogen-bond donors (Lipinski definition) is 0. The Labute approximate surface area is 157 Å². The van der Waals surface area contributed by atoms with E-state index >= 15 is 0 Å². The van der Waals surface area contributed by atoms with E-state index in [2.05, 4.69) is 0 Å². The molecule has 0 N–H and O–H groups in total. The normalized spacial score (nSPS) is 0. The summed E-state index contributed by atoms with van der Waals surface area (Å²) in [6.45, 7) is 0. The van der Waals surface area contributed by atoms with Crippen molar-refractivity contribution in [1.29, 1.82) is 0 Å². The van der Waals surface area contributed by atoms with Crippen LogP contribution in [0.3, 0.4) is 0 Å². The first-order valence-corrected chi connectivity index (χ1v) is 0. The third-order valence-electron chi connectivity index (χ3n) is 0. The third kappa shape index (κ3) is 43.1. The molecule has 0 spiro atoms. The smallest absolute Gasteiger partial charge is 0 e. The molecule has 0 aliphatic rings. The van der Waals surface area contributed by atoms with Crippen LogP contribution in [0.15, 0.2) is 0 Å². The topological polar surface area (TPSA) is 0 Å². The molecule has 0 amide bonds. The van der Waals surface area contributed by atoms with Crippen molar-refractivity contribution in [2.75, 3.05) is 0 Å². The van der Waals surface area contributed by atoms with E-state index in [1.165, 1.54) is 0 Å². The Morgan fingerprint density at radius 3 is 0.125 bits per heavy atom. The molecule has 0 saturated carbocycles. The predicted octanol–water partition coefficient (Wildman–Crippen LogP) is -0.0200. The molecule has 0 atom stereocenters. The summed E-state index contributed by atoms with van der Waals surface area (Å²) in [5.41, 5.74) is 0. The van der Waals surface area contributed by atoms with Crippen molar-refractivity contribution in [2.45, 2.75) is 0 Å². The van der Waals surface area contributed by atoms with Gasteiger partial charge in [0.25, 0.3) is 0 Å². The van der Waals surface area contributed by atoms with Crippen LogP contribution in [0, 0.1) is 0 Å². The number of rotatable bonds is 0. The van der Waals surface area contributed by atoms with Crippen molar-refractivity contribution < 1.29 is 161 Å². The van der Waals surface area contributed by atoms with E-state index in [1.807, 2.05) is 0 Å². The quantitative estimate of drug-likeness (QED) is 0.321. The van der Waals surface area contributed by atoms with Gasteiger partial charge in [0.15, 0.2) is 0 Å². The zero-order valence-electron chi connectivity index (χ0n) is 2.67. The van der Waals surface area contributed by atoms with Crippen molar-refractivity contribution in [3.63, 3.8) is 0 Å². The van der Waals surface area contributed by atoms with Crippen molar-refractivity contribution in [2.24, 2.45) is 0 Å². The van der Waals surface area contributed by atoms with Gasteiger partial charge in [-0.3, -0.25) is 0 Å².